The lowest BCUT2D eigenvalue weighted by Gasteiger charge is -2.14. The maximum atomic E-state index is 12.6. The largest absolute Gasteiger partial charge is 0.490 e. The van der Waals surface area contributed by atoms with Crippen molar-refractivity contribution in [1.29, 1.82) is 0 Å². The number of fused-ring (bicyclic) bond motifs is 1. The molecular formula is C23H25NO4. The summed E-state index contributed by atoms with van der Waals surface area (Å²) in [5.41, 5.74) is 1.58. The zero-order valence-electron chi connectivity index (χ0n) is 16.3. The first kappa shape index (κ1) is 19.7. The number of rotatable bonds is 9. The molecule has 0 amide bonds. The van der Waals surface area contributed by atoms with Crippen molar-refractivity contribution in [2.45, 2.75) is 33.1 Å². The number of aryl methyl sites for hydroxylation is 1. The predicted octanol–water partition coefficient (Wildman–Crippen LogP) is 4.53. The number of carbonyl (C=O) groups excluding carboxylic acids is 1. The topological polar surface area (TPSA) is 68.4 Å². The number of nitrogens with one attached hydrogen (secondary N) is 1. The highest BCUT2D eigenvalue weighted by Crippen LogP contribution is 2.25. The van der Waals surface area contributed by atoms with Crippen LogP contribution in [0.4, 0.5) is 0 Å². The van der Waals surface area contributed by atoms with Gasteiger partial charge in [-0.25, -0.2) is 0 Å². The Morgan fingerprint density at radius 3 is 2.54 bits per heavy atom. The summed E-state index contributed by atoms with van der Waals surface area (Å²) in [6.07, 6.45) is 4.32. The molecule has 0 aliphatic carbocycles. The van der Waals surface area contributed by atoms with Gasteiger partial charge in [0.15, 0.2) is 11.2 Å². The molecular weight excluding hydrogens is 354 g/mol. The number of pyridine rings is 1. The molecule has 0 atom stereocenters. The molecule has 0 aliphatic heterocycles. The summed E-state index contributed by atoms with van der Waals surface area (Å²) in [7, 11) is 0. The fraction of sp³-hybridized carbons (Fsp3) is 0.304. The first-order valence-corrected chi connectivity index (χ1v) is 9.60. The Balaban J connectivity index is 1.82. The van der Waals surface area contributed by atoms with E-state index in [2.05, 4.69) is 11.9 Å². The number of ketones is 1. The number of aromatic amines is 1. The van der Waals surface area contributed by atoms with Gasteiger partial charge >= 0.3 is 0 Å². The number of hydrogen-bond acceptors (Lipinski definition) is 4. The number of ether oxygens (including phenoxy) is 2. The molecule has 28 heavy (non-hydrogen) atoms. The summed E-state index contributed by atoms with van der Waals surface area (Å²) in [6.45, 7) is 4.35. The van der Waals surface area contributed by atoms with Crippen LogP contribution in [0.15, 0.2) is 53.5 Å². The third-order valence-electron chi connectivity index (χ3n) is 4.59. The van der Waals surface area contributed by atoms with Crippen LogP contribution in [0.3, 0.4) is 0 Å². The Morgan fingerprint density at radius 2 is 1.82 bits per heavy atom. The minimum absolute atomic E-state index is 0.180. The van der Waals surface area contributed by atoms with E-state index in [1.165, 1.54) is 13.1 Å². The highest BCUT2D eigenvalue weighted by molar-refractivity contribution is 5.97. The highest BCUT2D eigenvalue weighted by atomic mass is 16.5. The quantitative estimate of drug-likeness (QED) is 0.438. The van der Waals surface area contributed by atoms with E-state index < -0.39 is 0 Å². The van der Waals surface area contributed by atoms with E-state index in [1.54, 1.807) is 0 Å². The molecule has 2 aromatic carbocycles. The van der Waals surface area contributed by atoms with Gasteiger partial charge in [-0.15, -0.1) is 0 Å². The summed E-state index contributed by atoms with van der Waals surface area (Å²) in [4.78, 5) is 27.3. The predicted molar refractivity (Wildman–Crippen MR) is 111 cm³/mol. The second kappa shape index (κ2) is 9.22. The Labute approximate surface area is 164 Å². The van der Waals surface area contributed by atoms with Crippen LogP contribution in [0.25, 0.3) is 10.9 Å². The van der Waals surface area contributed by atoms with Gasteiger partial charge in [0, 0.05) is 17.6 Å². The van der Waals surface area contributed by atoms with Crippen molar-refractivity contribution < 1.29 is 14.3 Å². The summed E-state index contributed by atoms with van der Waals surface area (Å²) in [6, 6.07) is 13.3. The van der Waals surface area contributed by atoms with E-state index in [0.717, 1.165) is 36.3 Å². The Hall–Kier alpha value is -3.08. The smallest absolute Gasteiger partial charge is 0.200 e. The molecule has 5 heteroatoms. The van der Waals surface area contributed by atoms with Crippen molar-refractivity contribution in [3.63, 3.8) is 0 Å². The van der Waals surface area contributed by atoms with Crippen LogP contribution in [0.2, 0.25) is 0 Å². The number of aromatic nitrogens is 1. The van der Waals surface area contributed by atoms with Gasteiger partial charge in [0.1, 0.15) is 24.7 Å². The number of benzene rings is 2. The molecule has 1 N–H and O–H groups in total. The van der Waals surface area contributed by atoms with Crippen molar-refractivity contribution in [1.82, 2.24) is 4.98 Å². The van der Waals surface area contributed by atoms with Crippen molar-refractivity contribution in [2.24, 2.45) is 0 Å². The number of unbranched alkanes of at least 4 members (excludes halogenated alkanes) is 1. The van der Waals surface area contributed by atoms with E-state index >= 15 is 0 Å². The van der Waals surface area contributed by atoms with Gasteiger partial charge in [-0.2, -0.15) is 0 Å². The normalized spacial score (nSPS) is 10.8. The third-order valence-corrected chi connectivity index (χ3v) is 4.59. The SMILES string of the molecule is CCCCc1cc2c(=O)c(C(C)=O)c[nH]c2cc1OCCOc1ccccc1. The van der Waals surface area contributed by atoms with Crippen molar-refractivity contribution >= 4 is 16.7 Å². The number of carbonyl (C=O) groups is 1. The van der Waals surface area contributed by atoms with Crippen molar-refractivity contribution in [2.75, 3.05) is 13.2 Å². The number of H-pyrrole nitrogens is 1. The second-order valence-electron chi connectivity index (χ2n) is 6.71. The maximum Gasteiger partial charge on any atom is 0.200 e. The van der Waals surface area contributed by atoms with Crippen LogP contribution < -0.4 is 14.9 Å². The van der Waals surface area contributed by atoms with Crippen molar-refractivity contribution in [3.05, 3.63) is 70.0 Å². The Bertz CT molecular complexity index is 1010. The monoisotopic (exact) mass is 379 g/mol. The average Bonchev–Trinajstić information content (AvgIpc) is 2.70. The Kier molecular flexibility index (Phi) is 6.48. The molecule has 0 spiro atoms. The van der Waals surface area contributed by atoms with Gasteiger partial charge in [0.25, 0.3) is 0 Å². The van der Waals surface area contributed by atoms with Gasteiger partial charge in [-0.1, -0.05) is 31.5 Å². The van der Waals surface area contributed by atoms with Gasteiger partial charge in [-0.3, -0.25) is 9.59 Å². The van der Waals surface area contributed by atoms with Crippen LogP contribution >= 0.6 is 0 Å². The average molecular weight is 379 g/mol. The number of para-hydroxylation sites is 1. The van der Waals surface area contributed by atoms with Crippen LogP contribution in [0.5, 0.6) is 11.5 Å². The van der Waals surface area contributed by atoms with E-state index in [4.69, 9.17) is 9.47 Å². The number of hydrogen-bond donors (Lipinski definition) is 1. The molecule has 146 valence electrons. The van der Waals surface area contributed by atoms with Gasteiger partial charge < -0.3 is 14.5 Å². The van der Waals surface area contributed by atoms with E-state index in [0.29, 0.717) is 24.1 Å². The lowest BCUT2D eigenvalue weighted by molar-refractivity contribution is 0.101. The Morgan fingerprint density at radius 1 is 1.07 bits per heavy atom. The van der Waals surface area contributed by atoms with E-state index in [-0.39, 0.29) is 16.8 Å². The van der Waals surface area contributed by atoms with Crippen molar-refractivity contribution in [3.8, 4) is 11.5 Å². The lowest BCUT2D eigenvalue weighted by Crippen LogP contribution is -2.15. The summed E-state index contributed by atoms with van der Waals surface area (Å²) < 4.78 is 11.6. The minimum Gasteiger partial charge on any atom is -0.490 e. The highest BCUT2D eigenvalue weighted by Gasteiger charge is 2.13. The molecule has 0 fully saturated rings. The molecule has 0 saturated heterocycles. The molecule has 0 bridgehead atoms. The van der Waals surface area contributed by atoms with Gasteiger partial charge in [0.2, 0.25) is 0 Å². The molecule has 0 unspecified atom stereocenters. The summed E-state index contributed by atoms with van der Waals surface area (Å²) >= 11 is 0. The van der Waals surface area contributed by atoms with Crippen LogP contribution in [0.1, 0.15) is 42.6 Å². The van der Waals surface area contributed by atoms with Gasteiger partial charge in [-0.05, 0) is 43.5 Å². The summed E-state index contributed by atoms with van der Waals surface area (Å²) in [5.74, 6) is 1.30. The lowest BCUT2D eigenvalue weighted by atomic mass is 10.0. The van der Waals surface area contributed by atoms with Crippen LogP contribution in [0, 0.1) is 0 Å². The zero-order valence-corrected chi connectivity index (χ0v) is 16.3. The fourth-order valence-electron chi connectivity index (χ4n) is 3.08. The molecule has 3 rings (SSSR count). The summed E-state index contributed by atoms with van der Waals surface area (Å²) in [5, 5.41) is 0.520. The second-order valence-corrected chi connectivity index (χ2v) is 6.71. The zero-order chi connectivity index (χ0) is 19.9. The molecule has 3 aromatic rings. The van der Waals surface area contributed by atoms with Crippen LogP contribution in [-0.4, -0.2) is 24.0 Å². The first-order valence-electron chi connectivity index (χ1n) is 9.60. The van der Waals surface area contributed by atoms with E-state index in [9.17, 15) is 9.59 Å². The molecule has 0 aliphatic rings. The molecule has 1 aromatic heterocycles. The first-order chi connectivity index (χ1) is 13.6. The molecule has 0 radical (unpaired) electrons. The van der Waals surface area contributed by atoms with Crippen LogP contribution in [-0.2, 0) is 6.42 Å². The minimum atomic E-state index is -0.239. The number of Topliss-reactive ketones (excluding diaryl/α,β-unsaturated/α-hetero) is 1. The third kappa shape index (κ3) is 4.60. The van der Waals surface area contributed by atoms with Gasteiger partial charge in [0.05, 0.1) is 11.1 Å². The fourth-order valence-corrected chi connectivity index (χ4v) is 3.08. The molecule has 5 nitrogen and oxygen atoms in total. The maximum absolute atomic E-state index is 12.6. The molecule has 1 heterocycles. The standard InChI is InChI=1S/C23H25NO4/c1-3-4-8-17-13-19-21(24-15-20(16(2)25)23(19)26)14-22(17)28-12-11-27-18-9-6-5-7-10-18/h5-7,9-10,13-15H,3-4,8,11-12H2,1-2H3,(H,24,26). The molecule has 0 saturated carbocycles. The van der Waals surface area contributed by atoms with E-state index in [1.807, 2.05) is 42.5 Å².